The van der Waals surface area contributed by atoms with Crippen LogP contribution in [0.15, 0.2) is 54.6 Å². The van der Waals surface area contributed by atoms with Crippen LogP contribution in [0.3, 0.4) is 0 Å². The molecule has 0 aliphatic rings. The Bertz CT molecular complexity index is 974. The lowest BCUT2D eigenvalue weighted by molar-refractivity contribution is -0.116. The number of carbonyl (C=O) groups excluding carboxylic acids is 2. The van der Waals surface area contributed by atoms with E-state index in [1.165, 1.54) is 6.92 Å². The van der Waals surface area contributed by atoms with Crippen molar-refractivity contribution in [3.05, 3.63) is 77.1 Å². The summed E-state index contributed by atoms with van der Waals surface area (Å²) in [6.45, 7) is 5.50. The third-order valence-corrected chi connectivity index (χ3v) is 4.60. The van der Waals surface area contributed by atoms with Gasteiger partial charge in [0, 0.05) is 23.4 Å². The zero-order chi connectivity index (χ0) is 19.4. The smallest absolute Gasteiger partial charge is 0.224 e. The number of hydrogen-bond donors (Lipinski definition) is 1. The highest BCUT2D eigenvalue weighted by atomic mass is 16.1. The van der Waals surface area contributed by atoms with Gasteiger partial charge in [-0.3, -0.25) is 9.59 Å². The number of aromatic nitrogens is 2. The average molecular weight is 361 g/mol. The van der Waals surface area contributed by atoms with Gasteiger partial charge in [0.15, 0.2) is 5.78 Å². The van der Waals surface area contributed by atoms with Crippen molar-refractivity contribution >= 4 is 17.4 Å². The minimum Gasteiger partial charge on any atom is -0.326 e. The van der Waals surface area contributed by atoms with Crippen molar-refractivity contribution < 1.29 is 9.59 Å². The summed E-state index contributed by atoms with van der Waals surface area (Å²) in [6.07, 6.45) is 0.967. The van der Waals surface area contributed by atoms with Crippen molar-refractivity contribution in [1.82, 2.24) is 9.78 Å². The van der Waals surface area contributed by atoms with E-state index in [0.717, 1.165) is 22.6 Å². The van der Waals surface area contributed by atoms with Gasteiger partial charge in [0.25, 0.3) is 0 Å². The molecule has 3 aromatic rings. The molecule has 0 spiro atoms. The van der Waals surface area contributed by atoms with Crippen molar-refractivity contribution in [2.24, 2.45) is 0 Å². The van der Waals surface area contributed by atoms with Gasteiger partial charge in [0.1, 0.15) is 0 Å². The molecule has 0 unspecified atom stereocenters. The minimum atomic E-state index is -0.0815. The Morgan fingerprint density at radius 1 is 1.04 bits per heavy atom. The molecule has 3 rings (SSSR count). The molecule has 1 heterocycles. The van der Waals surface area contributed by atoms with Crippen LogP contribution in [-0.4, -0.2) is 21.5 Å². The molecule has 0 aliphatic carbocycles. The number of nitrogens with zero attached hydrogens (tertiary/aromatic N) is 2. The Kier molecular flexibility index (Phi) is 5.50. The van der Waals surface area contributed by atoms with E-state index >= 15 is 0 Å². The van der Waals surface area contributed by atoms with Crippen molar-refractivity contribution in [2.75, 3.05) is 5.32 Å². The molecule has 2 aromatic carbocycles. The summed E-state index contributed by atoms with van der Waals surface area (Å²) in [5.74, 6) is -0.104. The molecule has 0 atom stereocenters. The van der Waals surface area contributed by atoms with E-state index in [0.29, 0.717) is 24.1 Å². The lowest BCUT2D eigenvalue weighted by Crippen LogP contribution is -2.13. The zero-order valence-corrected chi connectivity index (χ0v) is 15.8. The van der Waals surface area contributed by atoms with Crippen molar-refractivity contribution in [3.8, 4) is 5.69 Å². The Labute approximate surface area is 159 Å². The second-order valence-electron chi connectivity index (χ2n) is 6.58. The molecule has 5 heteroatoms. The van der Waals surface area contributed by atoms with Crippen LogP contribution in [0.4, 0.5) is 5.69 Å². The van der Waals surface area contributed by atoms with Crippen LogP contribution in [0.2, 0.25) is 0 Å². The van der Waals surface area contributed by atoms with Crippen LogP contribution < -0.4 is 5.32 Å². The molecular formula is C22H23N3O2. The molecule has 5 nitrogen and oxygen atoms in total. The van der Waals surface area contributed by atoms with E-state index in [9.17, 15) is 9.59 Å². The number of ketones is 1. The highest BCUT2D eigenvalue weighted by Crippen LogP contribution is 2.20. The van der Waals surface area contributed by atoms with Gasteiger partial charge in [-0.1, -0.05) is 30.3 Å². The largest absolute Gasteiger partial charge is 0.326 e. The van der Waals surface area contributed by atoms with Crippen LogP contribution in [-0.2, 0) is 11.2 Å². The predicted octanol–water partition coefficient (Wildman–Crippen LogP) is 4.26. The third-order valence-electron chi connectivity index (χ3n) is 4.60. The lowest BCUT2D eigenvalue weighted by atomic mass is 10.1. The number of carbonyl (C=O) groups is 2. The van der Waals surface area contributed by atoms with Crippen LogP contribution in [0.1, 0.15) is 40.7 Å². The first-order valence-electron chi connectivity index (χ1n) is 8.97. The monoisotopic (exact) mass is 361 g/mol. The van der Waals surface area contributed by atoms with E-state index in [4.69, 9.17) is 0 Å². The van der Waals surface area contributed by atoms with Crippen molar-refractivity contribution in [1.29, 1.82) is 0 Å². The minimum absolute atomic E-state index is 0.0225. The molecule has 0 radical (unpaired) electrons. The predicted molar refractivity (Wildman–Crippen MR) is 106 cm³/mol. The number of anilines is 1. The molecule has 1 aromatic heterocycles. The van der Waals surface area contributed by atoms with E-state index in [1.54, 1.807) is 24.3 Å². The van der Waals surface area contributed by atoms with Gasteiger partial charge in [0.2, 0.25) is 5.91 Å². The summed E-state index contributed by atoms with van der Waals surface area (Å²) in [5.41, 5.74) is 5.30. The highest BCUT2D eigenvalue weighted by Gasteiger charge is 2.14. The number of amides is 1. The summed E-state index contributed by atoms with van der Waals surface area (Å²) < 4.78 is 1.92. The fraction of sp³-hybridized carbons (Fsp3) is 0.227. The topological polar surface area (TPSA) is 64.0 Å². The number of aryl methyl sites for hydroxylation is 1. The van der Waals surface area contributed by atoms with Gasteiger partial charge in [-0.05, 0) is 57.0 Å². The van der Waals surface area contributed by atoms with Gasteiger partial charge >= 0.3 is 0 Å². The zero-order valence-electron chi connectivity index (χ0n) is 15.8. The fourth-order valence-corrected chi connectivity index (χ4v) is 3.14. The van der Waals surface area contributed by atoms with Crippen LogP contribution in [0, 0.1) is 13.8 Å². The van der Waals surface area contributed by atoms with Crippen molar-refractivity contribution in [3.63, 3.8) is 0 Å². The Morgan fingerprint density at radius 3 is 2.48 bits per heavy atom. The van der Waals surface area contributed by atoms with Gasteiger partial charge in [-0.2, -0.15) is 5.10 Å². The molecule has 27 heavy (non-hydrogen) atoms. The van der Waals surface area contributed by atoms with Crippen molar-refractivity contribution in [2.45, 2.75) is 33.6 Å². The molecule has 1 amide bonds. The van der Waals surface area contributed by atoms with Crippen LogP contribution >= 0.6 is 0 Å². The van der Waals surface area contributed by atoms with Gasteiger partial charge in [-0.25, -0.2) is 4.68 Å². The molecular weight excluding hydrogens is 338 g/mol. The van der Waals surface area contributed by atoms with Gasteiger partial charge in [-0.15, -0.1) is 0 Å². The Balaban J connectivity index is 1.68. The molecule has 0 bridgehead atoms. The number of nitrogens with one attached hydrogen (secondary N) is 1. The molecule has 1 N–H and O–H groups in total. The summed E-state index contributed by atoms with van der Waals surface area (Å²) >= 11 is 0. The van der Waals surface area contributed by atoms with Gasteiger partial charge in [0.05, 0.1) is 11.4 Å². The molecule has 0 saturated carbocycles. The van der Waals surface area contributed by atoms with Gasteiger partial charge < -0.3 is 5.32 Å². The SMILES string of the molecule is CC(=O)c1cccc(NC(=O)CCc2c(C)nn(-c3ccccc3)c2C)c1. The summed E-state index contributed by atoms with van der Waals surface area (Å²) in [5, 5.41) is 7.49. The number of Topliss-reactive ketones (excluding diaryl/α,β-unsaturated/α-hetero) is 1. The second-order valence-corrected chi connectivity index (χ2v) is 6.58. The molecule has 0 fully saturated rings. The maximum Gasteiger partial charge on any atom is 0.224 e. The number of hydrogen-bond acceptors (Lipinski definition) is 3. The molecule has 138 valence electrons. The first-order chi connectivity index (χ1) is 13.0. The quantitative estimate of drug-likeness (QED) is 0.667. The highest BCUT2D eigenvalue weighted by molar-refractivity contribution is 5.97. The van der Waals surface area contributed by atoms with Crippen LogP contribution in [0.5, 0.6) is 0 Å². The first kappa shape index (κ1) is 18.6. The maximum atomic E-state index is 12.3. The van der Waals surface area contributed by atoms with Crippen LogP contribution in [0.25, 0.3) is 5.69 Å². The summed E-state index contributed by atoms with van der Waals surface area (Å²) in [4.78, 5) is 23.8. The standard InChI is InChI=1S/C22H23N3O2/c1-15-21(16(2)25(24-15)20-10-5-4-6-11-20)12-13-22(27)23-19-9-7-8-18(14-19)17(3)26/h4-11,14H,12-13H2,1-3H3,(H,23,27). The summed E-state index contributed by atoms with van der Waals surface area (Å²) in [7, 11) is 0. The second kappa shape index (κ2) is 7.99. The molecule has 0 saturated heterocycles. The number of para-hydroxylation sites is 1. The molecule has 0 aliphatic heterocycles. The first-order valence-corrected chi connectivity index (χ1v) is 8.97. The maximum absolute atomic E-state index is 12.3. The third kappa shape index (κ3) is 4.31. The number of rotatable bonds is 6. The van der Waals surface area contributed by atoms with E-state index < -0.39 is 0 Å². The summed E-state index contributed by atoms with van der Waals surface area (Å²) in [6, 6.07) is 16.9. The van der Waals surface area contributed by atoms with E-state index in [1.807, 2.05) is 48.9 Å². The Hall–Kier alpha value is -3.21. The van der Waals surface area contributed by atoms with E-state index in [-0.39, 0.29) is 11.7 Å². The fourth-order valence-electron chi connectivity index (χ4n) is 3.14. The van der Waals surface area contributed by atoms with E-state index in [2.05, 4.69) is 10.4 Å². The Morgan fingerprint density at radius 2 is 1.78 bits per heavy atom. The lowest BCUT2D eigenvalue weighted by Gasteiger charge is -2.07. The average Bonchev–Trinajstić information content (AvgIpc) is 2.95. The number of benzene rings is 2. The normalized spacial score (nSPS) is 10.6.